The topological polar surface area (TPSA) is 111 Å². The Hall–Kier alpha value is -4.22. The third kappa shape index (κ3) is 3.72. The van der Waals surface area contributed by atoms with E-state index in [1.807, 2.05) is 66.2 Å². The fourth-order valence-electron chi connectivity index (χ4n) is 5.68. The van der Waals surface area contributed by atoms with Crippen molar-refractivity contribution in [3.8, 4) is 5.13 Å². The molecule has 3 aromatic heterocycles. The van der Waals surface area contributed by atoms with E-state index < -0.39 is 5.41 Å². The Morgan fingerprint density at radius 1 is 1.10 bits per heavy atom. The van der Waals surface area contributed by atoms with Gasteiger partial charge in [-0.3, -0.25) is 14.2 Å². The number of amides is 2. The Balaban J connectivity index is 1.15. The highest BCUT2D eigenvalue weighted by Crippen LogP contribution is 2.46. The van der Waals surface area contributed by atoms with Crippen molar-refractivity contribution in [1.82, 2.24) is 19.1 Å². The summed E-state index contributed by atoms with van der Waals surface area (Å²) >= 11 is 2.90. The molecule has 7 rings (SSSR count). The van der Waals surface area contributed by atoms with Crippen LogP contribution in [-0.2, 0) is 34.4 Å². The Labute approximate surface area is 230 Å². The van der Waals surface area contributed by atoms with Crippen molar-refractivity contribution in [2.75, 3.05) is 16.9 Å². The van der Waals surface area contributed by atoms with Crippen LogP contribution in [0, 0.1) is 0 Å². The first kappa shape index (κ1) is 23.9. The van der Waals surface area contributed by atoms with Gasteiger partial charge < -0.3 is 10.6 Å². The van der Waals surface area contributed by atoms with Crippen LogP contribution in [0.15, 0.2) is 76.0 Å². The highest BCUT2D eigenvalue weighted by molar-refractivity contribution is 7.98. The summed E-state index contributed by atoms with van der Waals surface area (Å²) in [4.78, 5) is 48.5. The second-order valence-electron chi connectivity index (χ2n) is 9.69. The van der Waals surface area contributed by atoms with Crippen molar-refractivity contribution >= 4 is 57.5 Å². The van der Waals surface area contributed by atoms with E-state index in [2.05, 4.69) is 20.6 Å². The molecular formula is C28H22N6O3S2. The lowest BCUT2D eigenvalue weighted by molar-refractivity contribution is -0.120. The number of nitrogens with zero attached hydrogens (tertiary/aromatic N) is 4. The maximum Gasteiger partial charge on any atom is 0.336 e. The van der Waals surface area contributed by atoms with Gasteiger partial charge in [-0.25, -0.2) is 19.3 Å². The predicted molar refractivity (Wildman–Crippen MR) is 152 cm³/mol. The number of aromatic nitrogens is 4. The number of hydrogen-bond donors (Lipinski definition) is 2. The summed E-state index contributed by atoms with van der Waals surface area (Å²) in [5.74, 6) is 0.263. The number of carbonyl (C=O) groups is 2. The van der Waals surface area contributed by atoms with E-state index in [0.717, 1.165) is 21.7 Å². The molecule has 0 saturated heterocycles. The first-order valence-electron chi connectivity index (χ1n) is 12.4. The molecule has 0 fully saturated rings. The van der Waals surface area contributed by atoms with Gasteiger partial charge in [-0.05, 0) is 60.6 Å². The van der Waals surface area contributed by atoms with Gasteiger partial charge in [0.15, 0.2) is 5.13 Å². The standard InChI is InChI=1S/C28H22N6O3S2/c1-38-23-15-39-26(31-23)34-21-7-3-2-6-20(21)33(27(34)37)14-22(35)30-18-9-8-16-12-28(13-17(16)11-18)19-5-4-10-29-24(19)32-25(28)36/h2-11,15H,12-14H2,1H3,(H,30,35)(H,29,32,36). The summed E-state index contributed by atoms with van der Waals surface area (Å²) < 4.78 is 3.03. The van der Waals surface area contributed by atoms with Crippen LogP contribution in [0.5, 0.6) is 0 Å². The van der Waals surface area contributed by atoms with Crippen molar-refractivity contribution in [3.05, 3.63) is 93.3 Å². The average molecular weight is 555 g/mol. The summed E-state index contributed by atoms with van der Waals surface area (Å²) in [6.07, 6.45) is 4.74. The van der Waals surface area contributed by atoms with Gasteiger partial charge in [-0.1, -0.05) is 24.3 Å². The minimum atomic E-state index is -0.671. The smallest absolute Gasteiger partial charge is 0.325 e. The third-order valence-corrected chi connectivity index (χ3v) is 9.08. The highest BCUT2D eigenvalue weighted by Gasteiger charge is 2.51. The molecule has 1 atom stereocenters. The SMILES string of the molecule is CSc1csc(-n2c(=O)n(CC(=O)Nc3ccc4c(c3)CC3(C4)C(=O)Nc4ncccc43)c3ccccc32)n1. The van der Waals surface area contributed by atoms with Gasteiger partial charge in [0.25, 0.3) is 0 Å². The number of fused-ring (bicyclic) bond motifs is 4. The minimum absolute atomic E-state index is 0.0429. The third-order valence-electron chi connectivity index (χ3n) is 7.47. The Morgan fingerprint density at radius 2 is 1.92 bits per heavy atom. The van der Waals surface area contributed by atoms with Crippen LogP contribution in [0.3, 0.4) is 0 Å². The Bertz CT molecular complexity index is 1870. The van der Waals surface area contributed by atoms with Gasteiger partial charge in [-0.2, -0.15) is 0 Å². The first-order valence-corrected chi connectivity index (χ1v) is 14.5. The number of hydrogen-bond acceptors (Lipinski definition) is 7. The van der Waals surface area contributed by atoms with Gasteiger partial charge in [0, 0.05) is 22.8 Å². The molecule has 9 nitrogen and oxygen atoms in total. The van der Waals surface area contributed by atoms with Crippen LogP contribution < -0.4 is 16.3 Å². The number of para-hydroxylation sites is 2. The number of thioether (sulfide) groups is 1. The number of carbonyl (C=O) groups excluding carboxylic acids is 2. The van der Waals surface area contributed by atoms with E-state index in [4.69, 9.17) is 0 Å². The molecule has 2 N–H and O–H groups in total. The second-order valence-corrected chi connectivity index (χ2v) is 11.3. The minimum Gasteiger partial charge on any atom is -0.325 e. The number of imidazole rings is 1. The van der Waals surface area contributed by atoms with Crippen LogP contribution in [0.4, 0.5) is 11.5 Å². The molecule has 11 heteroatoms. The van der Waals surface area contributed by atoms with Crippen LogP contribution >= 0.6 is 23.1 Å². The number of anilines is 2. The fourth-order valence-corrected chi connectivity index (χ4v) is 7.14. The van der Waals surface area contributed by atoms with Gasteiger partial charge in [0.1, 0.15) is 17.4 Å². The summed E-state index contributed by atoms with van der Waals surface area (Å²) in [5, 5.41) is 9.18. The predicted octanol–water partition coefficient (Wildman–Crippen LogP) is 3.99. The van der Waals surface area contributed by atoms with Crippen LogP contribution in [0.2, 0.25) is 0 Å². The average Bonchev–Trinajstić information content (AvgIpc) is 3.69. The van der Waals surface area contributed by atoms with Crippen molar-refractivity contribution in [1.29, 1.82) is 0 Å². The van der Waals surface area contributed by atoms with Gasteiger partial charge in [0.05, 0.1) is 16.4 Å². The van der Waals surface area contributed by atoms with E-state index in [-0.39, 0.29) is 24.0 Å². The Morgan fingerprint density at radius 3 is 2.74 bits per heavy atom. The molecular weight excluding hydrogens is 532 g/mol. The molecule has 1 unspecified atom stereocenters. The number of thiazole rings is 1. The molecule has 0 radical (unpaired) electrons. The van der Waals surface area contributed by atoms with Crippen molar-refractivity contribution in [2.45, 2.75) is 29.8 Å². The van der Waals surface area contributed by atoms with E-state index in [1.54, 1.807) is 10.8 Å². The lowest BCUT2D eigenvalue weighted by Crippen LogP contribution is -2.35. The summed E-state index contributed by atoms with van der Waals surface area (Å²) in [5.41, 5.74) is 4.01. The zero-order chi connectivity index (χ0) is 26.7. The molecule has 2 aromatic carbocycles. The maximum absolute atomic E-state index is 13.5. The molecule has 2 aliphatic rings. The largest absolute Gasteiger partial charge is 0.336 e. The second kappa shape index (κ2) is 8.92. The quantitative estimate of drug-likeness (QED) is 0.318. The molecule has 1 aliphatic carbocycles. The van der Waals surface area contributed by atoms with Crippen LogP contribution in [0.25, 0.3) is 16.2 Å². The zero-order valence-corrected chi connectivity index (χ0v) is 22.4. The number of benzene rings is 2. The first-order chi connectivity index (χ1) is 19.0. The molecule has 1 aliphatic heterocycles. The van der Waals surface area contributed by atoms with Crippen molar-refractivity contribution < 1.29 is 9.59 Å². The Kier molecular flexibility index (Phi) is 5.46. The highest BCUT2D eigenvalue weighted by atomic mass is 32.2. The van der Waals surface area contributed by atoms with Gasteiger partial charge in [-0.15, -0.1) is 23.1 Å². The monoisotopic (exact) mass is 554 g/mol. The molecule has 4 heterocycles. The number of pyridine rings is 1. The lowest BCUT2D eigenvalue weighted by atomic mass is 9.79. The van der Waals surface area contributed by atoms with E-state index in [9.17, 15) is 14.4 Å². The number of nitrogens with one attached hydrogen (secondary N) is 2. The molecule has 0 saturated carbocycles. The van der Waals surface area contributed by atoms with Crippen molar-refractivity contribution in [3.63, 3.8) is 0 Å². The van der Waals surface area contributed by atoms with Gasteiger partial charge >= 0.3 is 5.69 Å². The fraction of sp³-hybridized carbons (Fsp3) is 0.179. The normalized spacial score (nSPS) is 17.4. The summed E-state index contributed by atoms with van der Waals surface area (Å²) in [6.45, 7) is -0.143. The molecule has 2 amide bonds. The maximum atomic E-state index is 13.5. The molecule has 0 bridgehead atoms. The lowest BCUT2D eigenvalue weighted by Gasteiger charge is -2.20. The van der Waals surface area contributed by atoms with Gasteiger partial charge in [0.2, 0.25) is 11.8 Å². The number of rotatable bonds is 5. The van der Waals surface area contributed by atoms with E-state index >= 15 is 0 Å². The van der Waals surface area contributed by atoms with Crippen LogP contribution in [0.1, 0.15) is 16.7 Å². The molecule has 1 spiro atoms. The van der Waals surface area contributed by atoms with E-state index in [1.165, 1.54) is 27.7 Å². The molecule has 5 aromatic rings. The summed E-state index contributed by atoms with van der Waals surface area (Å²) in [7, 11) is 0. The van der Waals surface area contributed by atoms with Crippen molar-refractivity contribution in [2.24, 2.45) is 0 Å². The summed E-state index contributed by atoms with van der Waals surface area (Å²) in [6, 6.07) is 16.9. The van der Waals surface area contributed by atoms with Crippen LogP contribution in [-0.4, -0.2) is 37.2 Å². The molecule has 194 valence electrons. The van der Waals surface area contributed by atoms with E-state index in [0.29, 0.717) is 40.5 Å². The molecule has 39 heavy (non-hydrogen) atoms. The zero-order valence-electron chi connectivity index (χ0n) is 20.8.